The molecule has 0 saturated heterocycles. The highest BCUT2D eigenvalue weighted by Crippen LogP contribution is 2.35. The first-order valence-electron chi connectivity index (χ1n) is 7.98. The number of aromatic nitrogens is 4. The number of rotatable bonds is 3. The van der Waals surface area contributed by atoms with Gasteiger partial charge in [-0.25, -0.2) is 9.67 Å². The Balaban J connectivity index is 1.77. The van der Waals surface area contributed by atoms with Gasteiger partial charge >= 0.3 is 0 Å². The van der Waals surface area contributed by atoms with Crippen LogP contribution in [0.2, 0.25) is 0 Å². The SMILES string of the molecule is CC1=C(C(=O)Nc2ccccn2)[C@H](c2ccc(Br)cc2)n2ncnc2N1. The van der Waals surface area contributed by atoms with Gasteiger partial charge in [0.15, 0.2) is 0 Å². The first-order valence-corrected chi connectivity index (χ1v) is 8.78. The van der Waals surface area contributed by atoms with E-state index in [2.05, 4.69) is 41.6 Å². The van der Waals surface area contributed by atoms with E-state index in [-0.39, 0.29) is 11.9 Å². The molecule has 0 radical (unpaired) electrons. The zero-order chi connectivity index (χ0) is 18.1. The fourth-order valence-electron chi connectivity index (χ4n) is 2.96. The predicted molar refractivity (Wildman–Crippen MR) is 101 cm³/mol. The van der Waals surface area contributed by atoms with Gasteiger partial charge in [-0.1, -0.05) is 34.1 Å². The summed E-state index contributed by atoms with van der Waals surface area (Å²) in [7, 11) is 0. The van der Waals surface area contributed by atoms with Crippen LogP contribution in [0.1, 0.15) is 18.5 Å². The van der Waals surface area contributed by atoms with Crippen molar-refractivity contribution in [2.75, 3.05) is 10.6 Å². The van der Waals surface area contributed by atoms with Gasteiger partial charge in [-0.15, -0.1) is 0 Å². The molecule has 0 saturated carbocycles. The Hall–Kier alpha value is -3.00. The van der Waals surface area contributed by atoms with E-state index in [4.69, 9.17) is 0 Å². The number of anilines is 2. The molecule has 0 aliphatic carbocycles. The number of pyridine rings is 1. The summed E-state index contributed by atoms with van der Waals surface area (Å²) in [5.41, 5.74) is 2.23. The van der Waals surface area contributed by atoms with E-state index in [1.807, 2.05) is 37.3 Å². The molecule has 2 aromatic heterocycles. The van der Waals surface area contributed by atoms with E-state index in [1.54, 1.807) is 23.0 Å². The van der Waals surface area contributed by atoms with Crippen molar-refractivity contribution in [2.24, 2.45) is 0 Å². The number of hydrogen-bond donors (Lipinski definition) is 2. The highest BCUT2D eigenvalue weighted by Gasteiger charge is 2.33. The number of nitrogens with zero attached hydrogens (tertiary/aromatic N) is 4. The minimum absolute atomic E-state index is 0.234. The van der Waals surface area contributed by atoms with Crippen molar-refractivity contribution >= 4 is 33.6 Å². The van der Waals surface area contributed by atoms with Crippen molar-refractivity contribution < 1.29 is 4.79 Å². The van der Waals surface area contributed by atoms with Gasteiger partial charge in [0.1, 0.15) is 18.2 Å². The number of nitrogens with one attached hydrogen (secondary N) is 2. The van der Waals surface area contributed by atoms with Crippen molar-refractivity contribution in [1.82, 2.24) is 19.7 Å². The minimum Gasteiger partial charge on any atom is -0.328 e. The fraction of sp³-hybridized carbons (Fsp3) is 0.111. The molecule has 0 fully saturated rings. The third-order valence-corrected chi connectivity index (χ3v) is 4.66. The second kappa shape index (κ2) is 6.72. The molecule has 7 nitrogen and oxygen atoms in total. The van der Waals surface area contributed by atoms with E-state index >= 15 is 0 Å². The smallest absolute Gasteiger partial charge is 0.257 e. The molecule has 3 aromatic rings. The highest BCUT2D eigenvalue weighted by atomic mass is 79.9. The minimum atomic E-state index is -0.384. The lowest BCUT2D eigenvalue weighted by molar-refractivity contribution is -0.113. The van der Waals surface area contributed by atoms with Gasteiger partial charge in [0, 0.05) is 16.4 Å². The molecule has 8 heteroatoms. The van der Waals surface area contributed by atoms with E-state index < -0.39 is 0 Å². The van der Waals surface area contributed by atoms with Gasteiger partial charge in [-0.3, -0.25) is 4.79 Å². The third kappa shape index (κ3) is 2.99. The van der Waals surface area contributed by atoms with Crippen molar-refractivity contribution in [3.63, 3.8) is 0 Å². The van der Waals surface area contributed by atoms with Gasteiger partial charge in [0.25, 0.3) is 5.91 Å². The van der Waals surface area contributed by atoms with Gasteiger partial charge in [-0.2, -0.15) is 10.1 Å². The van der Waals surface area contributed by atoms with Crippen LogP contribution in [-0.2, 0) is 4.79 Å². The lowest BCUT2D eigenvalue weighted by Gasteiger charge is -2.28. The van der Waals surface area contributed by atoms with Crippen LogP contribution in [0.5, 0.6) is 0 Å². The van der Waals surface area contributed by atoms with Crippen LogP contribution in [-0.4, -0.2) is 25.7 Å². The second-order valence-corrected chi connectivity index (χ2v) is 6.73. The summed E-state index contributed by atoms with van der Waals surface area (Å²) >= 11 is 3.45. The Kier molecular flexibility index (Phi) is 4.26. The van der Waals surface area contributed by atoms with Gasteiger partial charge in [-0.05, 0) is 36.8 Å². The Morgan fingerprint density at radius 1 is 1.19 bits per heavy atom. The average molecular weight is 411 g/mol. The monoisotopic (exact) mass is 410 g/mol. The molecule has 1 aliphatic rings. The summed E-state index contributed by atoms with van der Waals surface area (Å²) in [6.07, 6.45) is 3.11. The van der Waals surface area contributed by atoms with Gasteiger partial charge < -0.3 is 10.6 Å². The summed E-state index contributed by atoms with van der Waals surface area (Å²) in [4.78, 5) is 21.4. The van der Waals surface area contributed by atoms with Gasteiger partial charge in [0.2, 0.25) is 5.95 Å². The topological polar surface area (TPSA) is 84.7 Å². The molecule has 0 unspecified atom stereocenters. The molecule has 3 heterocycles. The Bertz CT molecular complexity index is 980. The number of carbonyl (C=O) groups excluding carboxylic acids is 1. The zero-order valence-electron chi connectivity index (χ0n) is 13.8. The van der Waals surface area contributed by atoms with Crippen LogP contribution >= 0.6 is 15.9 Å². The molecule has 0 bridgehead atoms. The quantitative estimate of drug-likeness (QED) is 0.691. The number of benzene rings is 1. The van der Waals surface area contributed by atoms with Crippen LogP contribution in [0.4, 0.5) is 11.8 Å². The number of allylic oxidation sites excluding steroid dienone is 1. The van der Waals surface area contributed by atoms with E-state index in [9.17, 15) is 4.79 Å². The maximum Gasteiger partial charge on any atom is 0.257 e. The fourth-order valence-corrected chi connectivity index (χ4v) is 3.22. The molecule has 4 rings (SSSR count). The van der Waals surface area contributed by atoms with Gasteiger partial charge in [0.05, 0.1) is 5.57 Å². The first-order chi connectivity index (χ1) is 12.6. The predicted octanol–water partition coefficient (Wildman–Crippen LogP) is 3.36. The summed E-state index contributed by atoms with van der Waals surface area (Å²) in [5.74, 6) is 0.865. The largest absolute Gasteiger partial charge is 0.328 e. The molecule has 130 valence electrons. The number of amides is 1. The van der Waals surface area contributed by atoms with Crippen molar-refractivity contribution in [3.8, 4) is 0 Å². The Morgan fingerprint density at radius 2 is 2.00 bits per heavy atom. The second-order valence-electron chi connectivity index (χ2n) is 5.82. The Morgan fingerprint density at radius 3 is 2.73 bits per heavy atom. The molecule has 1 aromatic carbocycles. The summed E-state index contributed by atoms with van der Waals surface area (Å²) in [6, 6.07) is 12.8. The number of halogens is 1. The van der Waals surface area contributed by atoms with E-state index in [0.29, 0.717) is 17.3 Å². The standard InChI is InChI=1S/C18H15BrN6O/c1-11-15(17(26)24-14-4-2-3-9-20-14)16(12-5-7-13(19)8-6-12)25-18(23-11)21-10-22-25/h2-10,16H,1H3,(H,20,24,26)(H,21,22,23)/t16-/m0/s1. The van der Waals surface area contributed by atoms with Crippen LogP contribution in [0.15, 0.2) is 70.7 Å². The molecule has 1 amide bonds. The molecular weight excluding hydrogens is 396 g/mol. The molecule has 1 aliphatic heterocycles. The first kappa shape index (κ1) is 16.5. The molecule has 26 heavy (non-hydrogen) atoms. The van der Waals surface area contributed by atoms with Crippen LogP contribution < -0.4 is 10.6 Å². The zero-order valence-corrected chi connectivity index (χ0v) is 15.4. The number of carbonyl (C=O) groups is 1. The Labute approximate surface area is 158 Å². The summed E-state index contributed by atoms with van der Waals surface area (Å²) in [6.45, 7) is 1.86. The maximum atomic E-state index is 13.0. The molecule has 2 N–H and O–H groups in total. The maximum absolute atomic E-state index is 13.0. The van der Waals surface area contributed by atoms with Crippen LogP contribution in [0.25, 0.3) is 0 Å². The number of hydrogen-bond acceptors (Lipinski definition) is 5. The van der Waals surface area contributed by atoms with E-state index in [0.717, 1.165) is 15.7 Å². The normalized spacial score (nSPS) is 16.0. The van der Waals surface area contributed by atoms with Crippen molar-refractivity contribution in [3.05, 3.63) is 76.3 Å². The molecular formula is C18H15BrN6O. The summed E-state index contributed by atoms with van der Waals surface area (Å²) < 4.78 is 2.68. The molecule has 0 spiro atoms. The lowest BCUT2D eigenvalue weighted by atomic mass is 9.95. The van der Waals surface area contributed by atoms with Crippen LogP contribution in [0, 0.1) is 0 Å². The molecule has 1 atom stereocenters. The third-order valence-electron chi connectivity index (χ3n) is 4.13. The number of fused-ring (bicyclic) bond motifs is 1. The lowest BCUT2D eigenvalue weighted by Crippen LogP contribution is -2.31. The highest BCUT2D eigenvalue weighted by molar-refractivity contribution is 9.10. The van der Waals surface area contributed by atoms with E-state index in [1.165, 1.54) is 6.33 Å². The summed E-state index contributed by atoms with van der Waals surface area (Å²) in [5, 5.41) is 10.3. The van der Waals surface area contributed by atoms with Crippen molar-refractivity contribution in [2.45, 2.75) is 13.0 Å². The average Bonchev–Trinajstić information content (AvgIpc) is 3.10. The van der Waals surface area contributed by atoms with Crippen molar-refractivity contribution in [1.29, 1.82) is 0 Å². The van der Waals surface area contributed by atoms with Crippen LogP contribution in [0.3, 0.4) is 0 Å².